The van der Waals surface area contributed by atoms with Crippen molar-refractivity contribution in [3.63, 3.8) is 0 Å². The second-order valence-electron chi connectivity index (χ2n) is 8.68. The molecule has 36 heavy (non-hydrogen) atoms. The Kier molecular flexibility index (Phi) is 6.59. The summed E-state index contributed by atoms with van der Waals surface area (Å²) in [4.78, 5) is 21.8. The zero-order chi connectivity index (χ0) is 26.4. The van der Waals surface area contributed by atoms with E-state index >= 15 is 4.39 Å². The molecule has 0 spiro atoms. The van der Waals surface area contributed by atoms with Gasteiger partial charge in [0.25, 0.3) is 5.91 Å². The normalized spacial score (nSPS) is 13.1. The fraction of sp³-hybridized carbons (Fsp3) is 0.240. The Bertz CT molecular complexity index is 1470. The number of hydrogen-bond acceptors (Lipinski definition) is 6. The van der Waals surface area contributed by atoms with Gasteiger partial charge in [-0.25, -0.2) is 18.7 Å². The number of nitrogens with one attached hydrogen (secondary N) is 1. The van der Waals surface area contributed by atoms with Gasteiger partial charge in [-0.05, 0) is 58.0 Å². The van der Waals surface area contributed by atoms with Crippen LogP contribution in [-0.4, -0.2) is 31.5 Å². The predicted molar refractivity (Wildman–Crippen MR) is 132 cm³/mol. The van der Waals surface area contributed by atoms with E-state index in [1.54, 1.807) is 31.4 Å². The highest BCUT2D eigenvalue weighted by molar-refractivity contribution is 6.31. The van der Waals surface area contributed by atoms with Crippen LogP contribution in [0.1, 0.15) is 48.2 Å². The number of halogens is 3. The molecule has 2 aromatic heterocycles. The van der Waals surface area contributed by atoms with Crippen LogP contribution in [0, 0.1) is 18.6 Å². The molecule has 4 rings (SSSR count). The monoisotopic (exact) mass is 515 g/mol. The minimum atomic E-state index is -1.92. The fourth-order valence-electron chi connectivity index (χ4n) is 3.96. The molecule has 0 fully saturated rings. The molecule has 2 aromatic carbocycles. The summed E-state index contributed by atoms with van der Waals surface area (Å²) in [6, 6.07) is 6.15. The highest BCUT2D eigenvalue weighted by atomic mass is 35.5. The summed E-state index contributed by atoms with van der Waals surface area (Å²) in [6.45, 7) is 6.51. The van der Waals surface area contributed by atoms with Crippen LogP contribution in [0.15, 0.2) is 42.7 Å². The van der Waals surface area contributed by atoms with Gasteiger partial charge in [0.15, 0.2) is 5.82 Å². The zero-order valence-electron chi connectivity index (χ0n) is 19.9. The molecular formula is C25H24ClF2N5O3. The van der Waals surface area contributed by atoms with Gasteiger partial charge in [-0.3, -0.25) is 9.20 Å². The maximum Gasteiger partial charge on any atom is 0.262 e. The molecule has 0 aliphatic rings. The van der Waals surface area contributed by atoms with Gasteiger partial charge in [0, 0.05) is 23.6 Å². The summed E-state index contributed by atoms with van der Waals surface area (Å²) < 4.78 is 36.1. The number of aliphatic hydroxyl groups is 1. The van der Waals surface area contributed by atoms with Gasteiger partial charge in [-0.15, -0.1) is 0 Å². The molecule has 0 radical (unpaired) electrons. The van der Waals surface area contributed by atoms with Crippen molar-refractivity contribution in [1.82, 2.24) is 14.4 Å². The molecule has 4 aromatic rings. The van der Waals surface area contributed by atoms with Crippen LogP contribution in [0.3, 0.4) is 0 Å². The topological polar surface area (TPSA) is 115 Å². The number of carbonyl (C=O) groups excluding carboxylic acids is 1. The van der Waals surface area contributed by atoms with Crippen molar-refractivity contribution in [3.8, 4) is 5.75 Å². The van der Waals surface area contributed by atoms with E-state index in [0.29, 0.717) is 11.2 Å². The molecule has 0 saturated heterocycles. The Morgan fingerprint density at radius 1 is 1.28 bits per heavy atom. The van der Waals surface area contributed by atoms with Gasteiger partial charge < -0.3 is 20.9 Å². The van der Waals surface area contributed by atoms with E-state index in [-0.39, 0.29) is 28.6 Å². The van der Waals surface area contributed by atoms with E-state index in [1.165, 1.54) is 31.3 Å². The predicted octanol–water partition coefficient (Wildman–Crippen LogP) is 4.85. The molecule has 0 saturated carbocycles. The number of carbonyl (C=O) groups is 1. The molecule has 0 bridgehead atoms. The number of hydrogen-bond donors (Lipinski definition) is 3. The Balaban J connectivity index is 1.93. The molecule has 1 atom stereocenters. The number of aryl methyl sites for hydroxylation is 1. The van der Waals surface area contributed by atoms with Crippen molar-refractivity contribution < 1.29 is 23.4 Å². The maximum atomic E-state index is 15.4. The number of rotatable bonds is 6. The average molecular weight is 516 g/mol. The zero-order valence-corrected chi connectivity index (χ0v) is 20.7. The van der Waals surface area contributed by atoms with E-state index in [2.05, 4.69) is 15.3 Å². The number of aromatic nitrogens is 3. The lowest BCUT2D eigenvalue weighted by Gasteiger charge is -2.28. The van der Waals surface area contributed by atoms with Gasteiger partial charge in [-0.1, -0.05) is 11.6 Å². The van der Waals surface area contributed by atoms with Gasteiger partial charge in [0.1, 0.15) is 39.9 Å². The number of anilines is 2. The van der Waals surface area contributed by atoms with Crippen molar-refractivity contribution in [1.29, 1.82) is 0 Å². The minimum Gasteiger partial charge on any atom is -0.490 e. The minimum absolute atomic E-state index is 0.00846. The molecule has 8 nitrogen and oxygen atoms in total. The summed E-state index contributed by atoms with van der Waals surface area (Å²) in [5, 5.41) is 13.9. The van der Waals surface area contributed by atoms with Gasteiger partial charge in [-0.2, -0.15) is 0 Å². The first-order chi connectivity index (χ1) is 16.9. The van der Waals surface area contributed by atoms with Crippen LogP contribution in [0.4, 0.5) is 20.3 Å². The van der Waals surface area contributed by atoms with Gasteiger partial charge in [0.2, 0.25) is 0 Å². The highest BCUT2D eigenvalue weighted by Gasteiger charge is 2.38. The van der Waals surface area contributed by atoms with Crippen molar-refractivity contribution in [2.24, 2.45) is 0 Å². The third-order valence-electron chi connectivity index (χ3n) is 5.57. The first-order valence-corrected chi connectivity index (χ1v) is 11.4. The molecular weight excluding hydrogens is 492 g/mol. The van der Waals surface area contributed by atoms with Gasteiger partial charge in [0.05, 0.1) is 16.8 Å². The van der Waals surface area contributed by atoms with Crippen molar-refractivity contribution >= 4 is 34.5 Å². The standard InChI is InChI=1S/C25H24ClF2N5O3/c1-12(2)36-21-16(25(4,35)24-31-13(3)20-22(29)30-9-10-33(20)24)11-17(26)19(28)18(21)23(34)32-15-7-5-14(27)6-8-15/h5-12,35H,1-4H3,(H2,29,30)(H,32,34)/t25-/m0/s1. The second-order valence-corrected chi connectivity index (χ2v) is 9.08. The quantitative estimate of drug-likeness (QED) is 0.338. The van der Waals surface area contributed by atoms with Crippen LogP contribution in [-0.2, 0) is 5.60 Å². The lowest BCUT2D eigenvalue weighted by Crippen LogP contribution is -2.29. The number of amides is 1. The second kappa shape index (κ2) is 9.36. The Morgan fingerprint density at radius 3 is 2.58 bits per heavy atom. The third-order valence-corrected chi connectivity index (χ3v) is 5.85. The summed E-state index contributed by atoms with van der Waals surface area (Å²) in [6.07, 6.45) is 2.52. The Morgan fingerprint density at radius 2 is 1.94 bits per heavy atom. The van der Waals surface area contributed by atoms with Crippen LogP contribution < -0.4 is 15.8 Å². The van der Waals surface area contributed by atoms with Crippen LogP contribution in [0.25, 0.3) is 5.52 Å². The van der Waals surface area contributed by atoms with E-state index in [9.17, 15) is 14.3 Å². The largest absolute Gasteiger partial charge is 0.490 e. The third kappa shape index (κ3) is 4.45. The summed E-state index contributed by atoms with van der Waals surface area (Å²) in [5.74, 6) is -2.31. The van der Waals surface area contributed by atoms with E-state index in [4.69, 9.17) is 22.1 Å². The van der Waals surface area contributed by atoms with Crippen LogP contribution >= 0.6 is 11.6 Å². The first kappa shape index (κ1) is 25.3. The number of nitrogens with zero attached hydrogens (tertiary/aromatic N) is 3. The van der Waals surface area contributed by atoms with E-state index < -0.39 is 39.8 Å². The number of benzene rings is 2. The number of imidazole rings is 1. The number of nitrogen functional groups attached to an aromatic ring is 1. The molecule has 4 N–H and O–H groups in total. The van der Waals surface area contributed by atoms with E-state index in [1.807, 2.05) is 0 Å². The molecule has 1 amide bonds. The summed E-state index contributed by atoms with van der Waals surface area (Å²) in [7, 11) is 0. The average Bonchev–Trinajstić information content (AvgIpc) is 3.16. The smallest absolute Gasteiger partial charge is 0.262 e. The van der Waals surface area contributed by atoms with Crippen molar-refractivity contribution in [2.75, 3.05) is 11.1 Å². The van der Waals surface area contributed by atoms with Crippen LogP contribution in [0.2, 0.25) is 5.02 Å². The number of ether oxygens (including phenoxy) is 1. The fourth-order valence-corrected chi connectivity index (χ4v) is 4.17. The Hall–Kier alpha value is -3.76. The molecule has 0 unspecified atom stereocenters. The van der Waals surface area contributed by atoms with Crippen molar-refractivity contribution in [2.45, 2.75) is 39.4 Å². The molecule has 0 aliphatic carbocycles. The number of nitrogens with two attached hydrogens (primary N) is 1. The first-order valence-electron chi connectivity index (χ1n) is 11.0. The Labute approximate surface area is 210 Å². The maximum absolute atomic E-state index is 15.4. The lowest BCUT2D eigenvalue weighted by molar-refractivity contribution is 0.0847. The summed E-state index contributed by atoms with van der Waals surface area (Å²) in [5.41, 5.74) is 4.80. The van der Waals surface area contributed by atoms with E-state index in [0.717, 1.165) is 12.1 Å². The SMILES string of the molecule is Cc1nc([C@@](C)(O)c2cc(Cl)c(F)c(C(=O)Nc3ccc(F)cc3)c2OC(C)C)n2ccnc(N)c12. The van der Waals surface area contributed by atoms with Crippen LogP contribution in [0.5, 0.6) is 5.75 Å². The molecule has 188 valence electrons. The molecule has 0 aliphatic heterocycles. The molecule has 11 heteroatoms. The lowest BCUT2D eigenvalue weighted by atomic mass is 9.91. The summed E-state index contributed by atoms with van der Waals surface area (Å²) >= 11 is 6.21. The van der Waals surface area contributed by atoms with Gasteiger partial charge >= 0.3 is 0 Å². The highest BCUT2D eigenvalue weighted by Crippen LogP contribution is 2.42. The number of fused-ring (bicyclic) bond motifs is 1. The van der Waals surface area contributed by atoms with Crippen molar-refractivity contribution in [3.05, 3.63) is 82.0 Å². The molecule has 2 heterocycles.